The Hall–Kier alpha value is -3.68. The summed E-state index contributed by atoms with van der Waals surface area (Å²) in [6.07, 6.45) is -0.102. The van der Waals surface area contributed by atoms with E-state index in [0.29, 0.717) is 18.0 Å². The Bertz CT molecular complexity index is 1000. The Balaban J connectivity index is 1.56. The number of fused-ring (bicyclic) bond motifs is 2. The van der Waals surface area contributed by atoms with Gasteiger partial charge in [0.2, 0.25) is 5.91 Å². The van der Waals surface area contributed by atoms with Crippen molar-refractivity contribution in [3.63, 3.8) is 0 Å². The first-order chi connectivity index (χ1) is 14.5. The van der Waals surface area contributed by atoms with E-state index in [9.17, 15) is 19.2 Å². The van der Waals surface area contributed by atoms with Gasteiger partial charge in [-0.2, -0.15) is 0 Å². The Morgan fingerprint density at radius 2 is 1.67 bits per heavy atom. The maximum absolute atomic E-state index is 13.1. The van der Waals surface area contributed by atoms with Crippen LogP contribution < -0.4 is 15.0 Å². The van der Waals surface area contributed by atoms with E-state index in [-0.39, 0.29) is 23.6 Å². The van der Waals surface area contributed by atoms with Gasteiger partial charge < -0.3 is 15.0 Å². The van der Waals surface area contributed by atoms with Crippen molar-refractivity contribution in [2.24, 2.45) is 0 Å². The minimum absolute atomic E-state index is 0.00539. The van der Waals surface area contributed by atoms with Crippen molar-refractivity contribution in [2.45, 2.75) is 19.4 Å². The first-order valence-corrected chi connectivity index (χ1v) is 9.80. The Morgan fingerprint density at radius 3 is 2.33 bits per heavy atom. The van der Waals surface area contributed by atoms with Gasteiger partial charge in [-0.05, 0) is 30.7 Å². The molecule has 0 saturated carbocycles. The van der Waals surface area contributed by atoms with Crippen LogP contribution in [-0.4, -0.2) is 54.3 Å². The third-order valence-corrected chi connectivity index (χ3v) is 5.09. The molecule has 2 aromatic carbocycles. The van der Waals surface area contributed by atoms with Crippen LogP contribution >= 0.6 is 0 Å². The molecule has 0 radical (unpaired) electrons. The molecule has 0 fully saturated rings. The average Bonchev–Trinajstić information content (AvgIpc) is 3.01. The first-order valence-electron chi connectivity index (χ1n) is 9.80. The highest BCUT2D eigenvalue weighted by molar-refractivity contribution is 6.22. The van der Waals surface area contributed by atoms with Crippen molar-refractivity contribution < 1.29 is 23.9 Å². The van der Waals surface area contributed by atoms with Gasteiger partial charge in [-0.3, -0.25) is 24.1 Å². The summed E-state index contributed by atoms with van der Waals surface area (Å²) in [5, 5.41) is 2.77. The quantitative estimate of drug-likeness (QED) is 0.760. The van der Waals surface area contributed by atoms with Crippen LogP contribution in [0.5, 0.6) is 5.75 Å². The normalized spacial score (nSPS) is 17.3. The summed E-state index contributed by atoms with van der Waals surface area (Å²) >= 11 is 0. The minimum Gasteiger partial charge on any atom is -0.477 e. The van der Waals surface area contributed by atoms with Crippen molar-refractivity contribution in [3.8, 4) is 5.75 Å². The standard InChI is InChI=1S/C22H21N3O5/c1-2-11-23-20(27)18-12-24(16-9-5-6-10-17(16)30-18)19(26)13-25-21(28)14-7-3-4-8-15(14)22(25)29/h3-10,18H,2,11-13H2,1H3,(H,23,27)/t18-/m1/s1. The Kier molecular flexibility index (Phi) is 5.22. The molecule has 0 spiro atoms. The number of imide groups is 1. The molecule has 0 bridgehead atoms. The molecule has 154 valence electrons. The summed E-state index contributed by atoms with van der Waals surface area (Å²) in [5.74, 6) is -1.37. The van der Waals surface area contributed by atoms with E-state index in [0.717, 1.165) is 11.3 Å². The van der Waals surface area contributed by atoms with Gasteiger partial charge in [-0.15, -0.1) is 0 Å². The fourth-order valence-electron chi connectivity index (χ4n) is 3.57. The van der Waals surface area contributed by atoms with Crippen LogP contribution in [0.25, 0.3) is 0 Å². The van der Waals surface area contributed by atoms with Crippen molar-refractivity contribution in [3.05, 3.63) is 59.7 Å². The van der Waals surface area contributed by atoms with Crippen molar-refractivity contribution in [1.82, 2.24) is 10.2 Å². The van der Waals surface area contributed by atoms with Gasteiger partial charge in [-0.25, -0.2) is 0 Å². The molecule has 4 rings (SSSR count). The van der Waals surface area contributed by atoms with E-state index in [1.54, 1.807) is 48.5 Å². The van der Waals surface area contributed by atoms with Crippen LogP contribution in [0.15, 0.2) is 48.5 Å². The molecule has 2 aromatic rings. The van der Waals surface area contributed by atoms with Gasteiger partial charge in [-0.1, -0.05) is 31.2 Å². The second kappa shape index (κ2) is 7.98. The predicted molar refractivity (Wildman–Crippen MR) is 108 cm³/mol. The Labute approximate surface area is 173 Å². The summed E-state index contributed by atoms with van der Waals surface area (Å²) in [5.41, 5.74) is 1.07. The highest BCUT2D eigenvalue weighted by Crippen LogP contribution is 2.33. The van der Waals surface area contributed by atoms with Gasteiger partial charge in [0.25, 0.3) is 17.7 Å². The molecule has 2 heterocycles. The van der Waals surface area contributed by atoms with Gasteiger partial charge in [0, 0.05) is 6.54 Å². The number of hydrogen-bond donors (Lipinski definition) is 1. The average molecular weight is 407 g/mol. The fraction of sp³-hybridized carbons (Fsp3) is 0.273. The largest absolute Gasteiger partial charge is 0.477 e. The topological polar surface area (TPSA) is 96.0 Å². The monoisotopic (exact) mass is 407 g/mol. The van der Waals surface area contributed by atoms with Crippen LogP contribution in [0.4, 0.5) is 5.69 Å². The Morgan fingerprint density at radius 1 is 1.03 bits per heavy atom. The third kappa shape index (κ3) is 3.41. The zero-order chi connectivity index (χ0) is 21.3. The molecule has 4 amide bonds. The number of para-hydroxylation sites is 2. The lowest BCUT2D eigenvalue weighted by Crippen LogP contribution is -2.53. The molecule has 8 nitrogen and oxygen atoms in total. The predicted octanol–water partition coefficient (Wildman–Crippen LogP) is 1.60. The van der Waals surface area contributed by atoms with Crippen LogP contribution in [0.3, 0.4) is 0 Å². The number of amides is 4. The van der Waals surface area contributed by atoms with Gasteiger partial charge in [0.1, 0.15) is 12.3 Å². The second-order valence-electron chi connectivity index (χ2n) is 7.11. The number of rotatable bonds is 5. The third-order valence-electron chi connectivity index (χ3n) is 5.09. The van der Waals surface area contributed by atoms with Gasteiger partial charge in [0.05, 0.1) is 23.4 Å². The second-order valence-corrected chi connectivity index (χ2v) is 7.11. The van der Waals surface area contributed by atoms with E-state index < -0.39 is 30.4 Å². The van der Waals surface area contributed by atoms with E-state index in [1.165, 1.54) is 4.90 Å². The van der Waals surface area contributed by atoms with Gasteiger partial charge >= 0.3 is 0 Å². The van der Waals surface area contributed by atoms with E-state index in [2.05, 4.69) is 5.32 Å². The van der Waals surface area contributed by atoms with E-state index >= 15 is 0 Å². The first kappa shape index (κ1) is 19.6. The number of ether oxygens (including phenoxy) is 1. The minimum atomic E-state index is -0.877. The highest BCUT2D eigenvalue weighted by atomic mass is 16.5. The summed E-state index contributed by atoms with van der Waals surface area (Å²) in [7, 11) is 0. The number of anilines is 1. The lowest BCUT2D eigenvalue weighted by Gasteiger charge is -2.34. The smallest absolute Gasteiger partial charge is 0.262 e. The van der Waals surface area contributed by atoms with Crippen molar-refractivity contribution in [1.29, 1.82) is 0 Å². The lowest BCUT2D eigenvalue weighted by atomic mass is 10.1. The molecule has 0 saturated heterocycles. The maximum Gasteiger partial charge on any atom is 0.262 e. The van der Waals surface area contributed by atoms with E-state index in [1.807, 2.05) is 6.92 Å². The maximum atomic E-state index is 13.1. The van der Waals surface area contributed by atoms with Crippen LogP contribution in [0, 0.1) is 0 Å². The number of carbonyl (C=O) groups excluding carboxylic acids is 4. The molecule has 0 unspecified atom stereocenters. The molecular formula is C22H21N3O5. The van der Waals surface area contributed by atoms with Gasteiger partial charge in [0.15, 0.2) is 6.10 Å². The lowest BCUT2D eigenvalue weighted by molar-refractivity contribution is -0.128. The molecule has 30 heavy (non-hydrogen) atoms. The summed E-state index contributed by atoms with van der Waals surface area (Å²) < 4.78 is 5.78. The molecule has 2 aliphatic rings. The SMILES string of the molecule is CCCNC(=O)[C@H]1CN(C(=O)CN2C(=O)c3ccccc3C2=O)c2ccccc2O1. The number of carbonyl (C=O) groups is 4. The summed E-state index contributed by atoms with van der Waals surface area (Å²) in [6.45, 7) is 2.02. The molecular weight excluding hydrogens is 386 g/mol. The molecule has 1 N–H and O–H groups in total. The molecule has 2 aliphatic heterocycles. The number of nitrogens with zero attached hydrogens (tertiary/aromatic N) is 2. The molecule has 0 aromatic heterocycles. The summed E-state index contributed by atoms with van der Waals surface area (Å²) in [4.78, 5) is 53.1. The highest BCUT2D eigenvalue weighted by Gasteiger charge is 2.39. The zero-order valence-corrected chi connectivity index (χ0v) is 16.5. The van der Waals surface area contributed by atoms with Crippen LogP contribution in [0.2, 0.25) is 0 Å². The molecule has 8 heteroatoms. The number of benzene rings is 2. The van der Waals surface area contributed by atoms with E-state index in [4.69, 9.17) is 4.74 Å². The van der Waals surface area contributed by atoms with Crippen molar-refractivity contribution in [2.75, 3.05) is 24.5 Å². The number of hydrogen-bond acceptors (Lipinski definition) is 5. The fourth-order valence-corrected chi connectivity index (χ4v) is 3.57. The summed E-state index contributed by atoms with van der Waals surface area (Å²) in [6, 6.07) is 13.4. The van der Waals surface area contributed by atoms with Crippen molar-refractivity contribution >= 4 is 29.3 Å². The molecule has 1 atom stereocenters. The number of nitrogens with one attached hydrogen (secondary N) is 1. The van der Waals surface area contributed by atoms with Crippen LogP contribution in [0.1, 0.15) is 34.1 Å². The van der Waals surface area contributed by atoms with Crippen LogP contribution in [-0.2, 0) is 9.59 Å². The zero-order valence-electron chi connectivity index (χ0n) is 16.5. The molecule has 0 aliphatic carbocycles.